The number of halogens is 6. The van der Waals surface area contributed by atoms with Crippen molar-refractivity contribution in [2.24, 2.45) is 0 Å². The highest BCUT2D eigenvalue weighted by Crippen LogP contribution is 2.32. The average Bonchev–Trinajstić information content (AvgIpc) is 2.44. The molecule has 1 amide bonds. The van der Waals surface area contributed by atoms with Crippen molar-refractivity contribution in [2.45, 2.75) is 25.1 Å². The number of benzene rings is 1. The minimum atomic E-state index is -4.87. The maximum Gasteiger partial charge on any atom is 0.419 e. The van der Waals surface area contributed by atoms with Crippen LogP contribution in [-0.4, -0.2) is 23.2 Å². The van der Waals surface area contributed by atoms with Crippen LogP contribution in [0.4, 0.5) is 17.6 Å². The van der Waals surface area contributed by atoms with Gasteiger partial charge in [-0.3, -0.25) is 4.79 Å². The van der Waals surface area contributed by atoms with Crippen LogP contribution >= 0.6 is 23.2 Å². The number of alkyl halides is 5. The summed E-state index contributed by atoms with van der Waals surface area (Å²) < 4.78 is 51.0. The number of rotatable bonds is 5. The molecule has 0 heterocycles. The first-order valence-corrected chi connectivity index (χ1v) is 7.07. The maximum atomic E-state index is 13.2. The SMILES string of the molecule is CCC(CCl)(CCl)NC(=O)c1ccc(F)c(C(F)(F)F)c1. The van der Waals surface area contributed by atoms with Gasteiger partial charge in [0.1, 0.15) is 5.82 Å². The van der Waals surface area contributed by atoms with Gasteiger partial charge in [0.15, 0.2) is 0 Å². The Morgan fingerprint density at radius 2 is 1.81 bits per heavy atom. The van der Waals surface area contributed by atoms with E-state index in [0.717, 1.165) is 6.07 Å². The van der Waals surface area contributed by atoms with Gasteiger partial charge in [0, 0.05) is 17.3 Å². The summed E-state index contributed by atoms with van der Waals surface area (Å²) in [5.41, 5.74) is -2.72. The number of amides is 1. The van der Waals surface area contributed by atoms with Gasteiger partial charge in [-0.25, -0.2) is 4.39 Å². The molecule has 0 aromatic heterocycles. The minimum Gasteiger partial charge on any atom is -0.344 e. The van der Waals surface area contributed by atoms with Crippen molar-refractivity contribution < 1.29 is 22.4 Å². The molecule has 21 heavy (non-hydrogen) atoms. The van der Waals surface area contributed by atoms with Crippen LogP contribution in [0.5, 0.6) is 0 Å². The number of carbonyl (C=O) groups excluding carboxylic acids is 1. The highest BCUT2D eigenvalue weighted by molar-refractivity contribution is 6.22. The Morgan fingerprint density at radius 3 is 2.24 bits per heavy atom. The highest BCUT2D eigenvalue weighted by Gasteiger charge is 2.35. The molecule has 0 fully saturated rings. The number of hydrogen-bond acceptors (Lipinski definition) is 1. The summed E-state index contributed by atoms with van der Waals surface area (Å²) in [5, 5.41) is 2.50. The lowest BCUT2D eigenvalue weighted by Crippen LogP contribution is -2.51. The van der Waals surface area contributed by atoms with E-state index in [9.17, 15) is 22.4 Å². The Kier molecular flexibility index (Phi) is 5.87. The molecule has 118 valence electrons. The van der Waals surface area contributed by atoms with Crippen molar-refractivity contribution in [3.8, 4) is 0 Å². The van der Waals surface area contributed by atoms with Gasteiger partial charge in [-0.2, -0.15) is 13.2 Å². The molecular formula is C13H13Cl2F4NO. The van der Waals surface area contributed by atoms with Crippen molar-refractivity contribution in [2.75, 3.05) is 11.8 Å². The van der Waals surface area contributed by atoms with Gasteiger partial charge in [0.05, 0.1) is 11.1 Å². The number of carbonyl (C=O) groups is 1. The molecule has 0 unspecified atom stereocenters. The van der Waals surface area contributed by atoms with Crippen LogP contribution in [0.15, 0.2) is 18.2 Å². The standard InChI is InChI=1S/C13H13Cl2F4NO/c1-2-12(6-14,7-15)20-11(21)8-3-4-10(16)9(5-8)13(17,18)19/h3-5H,2,6-7H2,1H3,(H,20,21). The molecule has 0 radical (unpaired) electrons. The van der Waals surface area contributed by atoms with E-state index < -0.39 is 29.0 Å². The first-order valence-electron chi connectivity index (χ1n) is 6.00. The molecule has 0 bridgehead atoms. The van der Waals surface area contributed by atoms with E-state index in [0.29, 0.717) is 18.6 Å². The van der Waals surface area contributed by atoms with Crippen LogP contribution in [0.1, 0.15) is 29.3 Å². The van der Waals surface area contributed by atoms with E-state index in [2.05, 4.69) is 5.32 Å². The molecule has 0 aliphatic rings. The average molecular weight is 346 g/mol. The van der Waals surface area contributed by atoms with E-state index in [4.69, 9.17) is 23.2 Å². The molecule has 0 atom stereocenters. The van der Waals surface area contributed by atoms with Gasteiger partial charge in [-0.1, -0.05) is 6.92 Å². The number of nitrogens with one attached hydrogen (secondary N) is 1. The van der Waals surface area contributed by atoms with Crippen LogP contribution in [0.2, 0.25) is 0 Å². The topological polar surface area (TPSA) is 29.1 Å². The predicted octanol–water partition coefficient (Wildman–Crippen LogP) is 4.20. The monoisotopic (exact) mass is 345 g/mol. The van der Waals surface area contributed by atoms with Crippen molar-refractivity contribution in [1.29, 1.82) is 0 Å². The summed E-state index contributed by atoms with van der Waals surface area (Å²) in [7, 11) is 0. The van der Waals surface area contributed by atoms with Gasteiger partial charge in [-0.05, 0) is 24.6 Å². The summed E-state index contributed by atoms with van der Waals surface area (Å²) in [4.78, 5) is 12.0. The van der Waals surface area contributed by atoms with E-state index in [1.807, 2.05) is 0 Å². The fourth-order valence-electron chi connectivity index (χ4n) is 1.58. The molecule has 1 rings (SSSR count). The fourth-order valence-corrected chi connectivity index (χ4v) is 2.37. The van der Waals surface area contributed by atoms with E-state index >= 15 is 0 Å². The zero-order valence-corrected chi connectivity index (χ0v) is 12.5. The molecule has 1 aromatic rings. The highest BCUT2D eigenvalue weighted by atomic mass is 35.5. The Morgan fingerprint density at radius 1 is 1.24 bits per heavy atom. The molecular weight excluding hydrogens is 333 g/mol. The zero-order valence-electron chi connectivity index (χ0n) is 11.0. The van der Waals surface area contributed by atoms with E-state index in [1.165, 1.54) is 0 Å². The second kappa shape index (κ2) is 6.83. The molecule has 0 aliphatic carbocycles. The van der Waals surface area contributed by atoms with Gasteiger partial charge in [0.25, 0.3) is 5.91 Å². The third kappa shape index (κ3) is 4.23. The largest absolute Gasteiger partial charge is 0.419 e. The lowest BCUT2D eigenvalue weighted by atomic mass is 10.00. The molecule has 0 saturated carbocycles. The van der Waals surface area contributed by atoms with Crippen molar-refractivity contribution in [3.63, 3.8) is 0 Å². The third-order valence-electron chi connectivity index (χ3n) is 3.10. The van der Waals surface area contributed by atoms with Crippen LogP contribution in [0.25, 0.3) is 0 Å². The van der Waals surface area contributed by atoms with Crippen molar-refractivity contribution in [3.05, 3.63) is 35.1 Å². The zero-order chi connectivity index (χ0) is 16.3. The molecule has 2 nitrogen and oxygen atoms in total. The summed E-state index contributed by atoms with van der Waals surface area (Å²) in [6.45, 7) is 1.73. The van der Waals surface area contributed by atoms with Crippen LogP contribution < -0.4 is 5.32 Å². The normalized spacial score (nSPS) is 12.3. The number of hydrogen-bond donors (Lipinski definition) is 1. The Bertz CT molecular complexity index is 507. The van der Waals surface area contributed by atoms with Gasteiger partial charge >= 0.3 is 6.18 Å². The predicted molar refractivity (Wildman–Crippen MR) is 73.3 cm³/mol. The van der Waals surface area contributed by atoms with Gasteiger partial charge < -0.3 is 5.32 Å². The van der Waals surface area contributed by atoms with Gasteiger partial charge in [-0.15, -0.1) is 23.2 Å². The van der Waals surface area contributed by atoms with Gasteiger partial charge in [0.2, 0.25) is 0 Å². The molecule has 8 heteroatoms. The smallest absolute Gasteiger partial charge is 0.344 e. The fraction of sp³-hybridized carbons (Fsp3) is 0.462. The van der Waals surface area contributed by atoms with Crippen molar-refractivity contribution >= 4 is 29.1 Å². The third-order valence-corrected chi connectivity index (χ3v) is 4.12. The second-order valence-electron chi connectivity index (χ2n) is 4.55. The molecule has 0 spiro atoms. The van der Waals surface area contributed by atoms with Crippen LogP contribution in [0.3, 0.4) is 0 Å². The quantitative estimate of drug-likeness (QED) is 0.628. The Balaban J connectivity index is 3.09. The summed E-state index contributed by atoms with van der Waals surface area (Å²) in [6.07, 6.45) is -4.47. The maximum absolute atomic E-state index is 13.2. The minimum absolute atomic E-state index is 0.00601. The Hall–Kier alpha value is -1.01. The summed E-state index contributed by atoms with van der Waals surface area (Å²) in [5.74, 6) is -2.21. The van der Waals surface area contributed by atoms with Crippen LogP contribution in [-0.2, 0) is 6.18 Å². The van der Waals surface area contributed by atoms with E-state index in [-0.39, 0.29) is 17.3 Å². The molecule has 0 saturated heterocycles. The van der Waals surface area contributed by atoms with Crippen LogP contribution in [0, 0.1) is 5.82 Å². The first-order chi connectivity index (χ1) is 9.69. The van der Waals surface area contributed by atoms with Crippen molar-refractivity contribution in [1.82, 2.24) is 5.32 Å². The molecule has 0 aliphatic heterocycles. The molecule has 1 aromatic carbocycles. The summed E-state index contributed by atoms with van der Waals surface area (Å²) in [6, 6.07) is 2.04. The second-order valence-corrected chi connectivity index (χ2v) is 5.08. The Labute approximate surface area is 129 Å². The van der Waals surface area contributed by atoms with E-state index in [1.54, 1.807) is 6.92 Å². The molecule has 1 N–H and O–H groups in total. The first kappa shape index (κ1) is 18.0. The lowest BCUT2D eigenvalue weighted by molar-refractivity contribution is -0.140. The summed E-state index contributed by atoms with van der Waals surface area (Å²) >= 11 is 11.5. The lowest BCUT2D eigenvalue weighted by Gasteiger charge is -2.29.